The molecule has 14 heavy (non-hydrogen) atoms. The summed E-state index contributed by atoms with van der Waals surface area (Å²) in [6, 6.07) is 10.1. The molecule has 0 spiro atoms. The van der Waals surface area contributed by atoms with Crippen LogP contribution in [-0.4, -0.2) is 30.7 Å². The number of carbonyl (C=O) groups excluding carboxylic acids is 1. The average Bonchev–Trinajstić information content (AvgIpc) is 2.47. The smallest absolute Gasteiger partial charge is 0.409 e. The van der Waals surface area contributed by atoms with Gasteiger partial charge in [-0.3, -0.25) is 0 Å². The average molecular weight is 191 g/mol. The Bertz CT molecular complexity index is 323. The van der Waals surface area contributed by atoms with Crippen LogP contribution in [0.15, 0.2) is 30.3 Å². The molecular weight excluding hydrogens is 178 g/mol. The van der Waals surface area contributed by atoms with Crippen LogP contribution in [0.2, 0.25) is 0 Å². The summed E-state index contributed by atoms with van der Waals surface area (Å²) in [5.41, 5.74) is 1.21. The maximum atomic E-state index is 11.1. The minimum Gasteiger partial charge on any atom is -0.444 e. The summed E-state index contributed by atoms with van der Waals surface area (Å²) in [6.07, 6.45) is 0.595. The molecule has 3 heteroatoms. The van der Waals surface area contributed by atoms with Crippen molar-refractivity contribution in [1.29, 1.82) is 0 Å². The molecule has 1 aromatic rings. The molecule has 1 amide bonds. The topological polar surface area (TPSA) is 29.5 Å². The fourth-order valence-corrected chi connectivity index (χ4v) is 1.63. The van der Waals surface area contributed by atoms with Gasteiger partial charge in [0.1, 0.15) is 6.10 Å². The Labute approximate surface area is 83.3 Å². The second-order valence-corrected chi connectivity index (χ2v) is 3.58. The molecule has 0 bridgehead atoms. The molecule has 0 N–H and O–H groups in total. The number of amides is 1. The minimum absolute atomic E-state index is 0.00917. The van der Waals surface area contributed by atoms with Gasteiger partial charge < -0.3 is 9.64 Å². The van der Waals surface area contributed by atoms with Crippen LogP contribution < -0.4 is 0 Å². The summed E-state index contributed by atoms with van der Waals surface area (Å²) in [7, 11) is 1.76. The molecule has 1 aliphatic heterocycles. The largest absolute Gasteiger partial charge is 0.444 e. The monoisotopic (exact) mass is 191 g/mol. The van der Waals surface area contributed by atoms with E-state index in [4.69, 9.17) is 4.74 Å². The van der Waals surface area contributed by atoms with Crippen LogP contribution in [0.5, 0.6) is 0 Å². The van der Waals surface area contributed by atoms with Crippen LogP contribution in [0, 0.1) is 0 Å². The third-order valence-electron chi connectivity index (χ3n) is 2.36. The molecule has 1 aliphatic rings. The van der Waals surface area contributed by atoms with E-state index in [1.807, 2.05) is 30.3 Å². The first-order chi connectivity index (χ1) is 6.75. The SMILES string of the molecule is CN1C[C@@H](Cc2ccccc2)OC1=O. The molecule has 74 valence electrons. The number of nitrogens with zero attached hydrogens (tertiary/aromatic N) is 1. The molecule has 3 nitrogen and oxygen atoms in total. The summed E-state index contributed by atoms with van der Waals surface area (Å²) in [5, 5.41) is 0. The van der Waals surface area contributed by atoms with E-state index in [9.17, 15) is 4.79 Å². The van der Waals surface area contributed by atoms with Gasteiger partial charge in [0.2, 0.25) is 0 Å². The van der Waals surface area contributed by atoms with E-state index in [0.717, 1.165) is 6.42 Å². The van der Waals surface area contributed by atoms with Crippen molar-refractivity contribution in [3.8, 4) is 0 Å². The van der Waals surface area contributed by atoms with Gasteiger partial charge in [-0.2, -0.15) is 0 Å². The van der Waals surface area contributed by atoms with Gasteiger partial charge in [0.15, 0.2) is 0 Å². The first-order valence-corrected chi connectivity index (χ1v) is 4.71. The second kappa shape index (κ2) is 3.70. The van der Waals surface area contributed by atoms with Crippen molar-refractivity contribution in [3.05, 3.63) is 35.9 Å². The van der Waals surface area contributed by atoms with Crippen LogP contribution >= 0.6 is 0 Å². The first-order valence-electron chi connectivity index (χ1n) is 4.71. The lowest BCUT2D eigenvalue weighted by atomic mass is 10.1. The van der Waals surface area contributed by atoms with E-state index in [2.05, 4.69) is 0 Å². The number of likely N-dealkylation sites (N-methyl/N-ethyl adjacent to an activating group) is 1. The summed E-state index contributed by atoms with van der Waals surface area (Å²) in [4.78, 5) is 12.7. The van der Waals surface area contributed by atoms with Gasteiger partial charge >= 0.3 is 6.09 Å². The summed E-state index contributed by atoms with van der Waals surface area (Å²) in [6.45, 7) is 0.688. The van der Waals surface area contributed by atoms with E-state index in [-0.39, 0.29) is 12.2 Å². The number of rotatable bonds is 2. The van der Waals surface area contributed by atoms with Crippen molar-refractivity contribution >= 4 is 6.09 Å². The van der Waals surface area contributed by atoms with Crippen molar-refractivity contribution in [2.24, 2.45) is 0 Å². The summed E-state index contributed by atoms with van der Waals surface area (Å²) < 4.78 is 5.16. The predicted octanol–water partition coefficient (Wildman–Crippen LogP) is 1.68. The van der Waals surface area contributed by atoms with Crippen molar-refractivity contribution in [3.63, 3.8) is 0 Å². The Kier molecular flexibility index (Phi) is 2.39. The fourth-order valence-electron chi connectivity index (χ4n) is 1.63. The van der Waals surface area contributed by atoms with Crippen LogP contribution in [0.3, 0.4) is 0 Å². The standard InChI is InChI=1S/C11H13NO2/c1-12-8-10(14-11(12)13)7-9-5-3-2-4-6-9/h2-6,10H,7-8H2,1H3/t10-/m1/s1. The molecular formula is C11H13NO2. The first kappa shape index (κ1) is 9.06. The van der Waals surface area contributed by atoms with Gasteiger partial charge in [-0.1, -0.05) is 30.3 Å². The number of carbonyl (C=O) groups is 1. The Morgan fingerprint density at radius 3 is 2.71 bits per heavy atom. The number of cyclic esters (lactones) is 1. The van der Waals surface area contributed by atoms with Gasteiger partial charge in [-0.05, 0) is 5.56 Å². The Balaban J connectivity index is 1.97. The molecule has 0 saturated carbocycles. The maximum absolute atomic E-state index is 11.1. The third-order valence-corrected chi connectivity index (χ3v) is 2.36. The minimum atomic E-state index is -0.217. The van der Waals surface area contributed by atoms with Crippen LogP contribution in [0.25, 0.3) is 0 Å². The zero-order chi connectivity index (χ0) is 9.97. The number of ether oxygens (including phenoxy) is 1. The number of hydrogen-bond donors (Lipinski definition) is 0. The lowest BCUT2D eigenvalue weighted by Crippen LogP contribution is -2.20. The van der Waals surface area contributed by atoms with Crippen molar-refractivity contribution < 1.29 is 9.53 Å². The van der Waals surface area contributed by atoms with Crippen LogP contribution in [-0.2, 0) is 11.2 Å². The summed E-state index contributed by atoms with van der Waals surface area (Å²) >= 11 is 0. The molecule has 0 unspecified atom stereocenters. The van der Waals surface area contributed by atoms with Crippen LogP contribution in [0.4, 0.5) is 4.79 Å². The van der Waals surface area contributed by atoms with Gasteiger partial charge in [0.05, 0.1) is 6.54 Å². The van der Waals surface area contributed by atoms with E-state index < -0.39 is 0 Å². The zero-order valence-corrected chi connectivity index (χ0v) is 8.14. The van der Waals surface area contributed by atoms with Crippen molar-refractivity contribution in [2.75, 3.05) is 13.6 Å². The Morgan fingerprint density at radius 2 is 2.14 bits per heavy atom. The predicted molar refractivity (Wildman–Crippen MR) is 53.0 cm³/mol. The second-order valence-electron chi connectivity index (χ2n) is 3.58. The molecule has 2 rings (SSSR count). The Morgan fingerprint density at radius 1 is 1.43 bits per heavy atom. The Hall–Kier alpha value is -1.51. The normalized spacial score (nSPS) is 21.1. The fraction of sp³-hybridized carbons (Fsp3) is 0.364. The van der Waals surface area contributed by atoms with Gasteiger partial charge in [0, 0.05) is 13.5 Å². The molecule has 1 fully saturated rings. The van der Waals surface area contributed by atoms with Crippen LogP contribution in [0.1, 0.15) is 5.56 Å². The van der Waals surface area contributed by atoms with Gasteiger partial charge in [-0.25, -0.2) is 4.79 Å². The zero-order valence-electron chi connectivity index (χ0n) is 8.14. The van der Waals surface area contributed by atoms with Gasteiger partial charge in [0.25, 0.3) is 0 Å². The quantitative estimate of drug-likeness (QED) is 0.711. The highest BCUT2D eigenvalue weighted by Gasteiger charge is 2.27. The molecule has 1 saturated heterocycles. The number of benzene rings is 1. The van der Waals surface area contributed by atoms with E-state index >= 15 is 0 Å². The lowest BCUT2D eigenvalue weighted by molar-refractivity contribution is 0.134. The highest BCUT2D eigenvalue weighted by Crippen LogP contribution is 2.13. The molecule has 1 atom stereocenters. The third kappa shape index (κ3) is 1.87. The lowest BCUT2D eigenvalue weighted by Gasteiger charge is -2.07. The van der Waals surface area contributed by atoms with Crippen molar-refractivity contribution in [2.45, 2.75) is 12.5 Å². The maximum Gasteiger partial charge on any atom is 0.409 e. The molecule has 1 heterocycles. The number of hydrogen-bond acceptors (Lipinski definition) is 2. The molecule has 0 aromatic heterocycles. The summed E-state index contributed by atoms with van der Waals surface area (Å²) in [5.74, 6) is 0. The van der Waals surface area contributed by atoms with E-state index in [1.54, 1.807) is 11.9 Å². The highest BCUT2D eigenvalue weighted by molar-refractivity contribution is 5.69. The molecule has 0 aliphatic carbocycles. The molecule has 1 aromatic carbocycles. The van der Waals surface area contributed by atoms with Crippen molar-refractivity contribution in [1.82, 2.24) is 4.90 Å². The molecule has 0 radical (unpaired) electrons. The van der Waals surface area contributed by atoms with E-state index in [1.165, 1.54) is 5.56 Å². The highest BCUT2D eigenvalue weighted by atomic mass is 16.6. The van der Waals surface area contributed by atoms with Gasteiger partial charge in [-0.15, -0.1) is 0 Å². The van der Waals surface area contributed by atoms with E-state index in [0.29, 0.717) is 6.54 Å².